The minimum absolute atomic E-state index is 0.316. The van der Waals surface area contributed by atoms with Gasteiger partial charge >= 0.3 is 0 Å². The van der Waals surface area contributed by atoms with Crippen LogP contribution < -0.4 is 0 Å². The van der Waals surface area contributed by atoms with Gasteiger partial charge in [0.25, 0.3) is 0 Å². The zero-order chi connectivity index (χ0) is 17.8. The van der Waals surface area contributed by atoms with Gasteiger partial charge in [0.05, 0.1) is 5.69 Å². The lowest BCUT2D eigenvalue weighted by atomic mass is 10.1. The van der Waals surface area contributed by atoms with Gasteiger partial charge in [-0.2, -0.15) is 0 Å². The molecule has 3 aromatic rings. The highest BCUT2D eigenvalue weighted by Crippen LogP contribution is 2.35. The van der Waals surface area contributed by atoms with E-state index in [1.54, 1.807) is 30.2 Å². The van der Waals surface area contributed by atoms with Crippen molar-refractivity contribution < 1.29 is 0 Å². The maximum atomic E-state index is 6.11. The Kier molecular flexibility index (Phi) is 6.05. The largest absolute Gasteiger partial charge is 0.336 e. The fourth-order valence-corrected chi connectivity index (χ4v) is 4.20. The number of rotatable bonds is 6. The summed E-state index contributed by atoms with van der Waals surface area (Å²) in [5, 5.41) is 2.28. The SMILES string of the molecule is CC(C)c1nc([CH]Cc2ccncc2)[nH]c1Sc1cc(Cl)cc(Cl)c1. The first-order valence-corrected chi connectivity index (χ1v) is 9.54. The summed E-state index contributed by atoms with van der Waals surface area (Å²) in [6.45, 7) is 4.27. The summed E-state index contributed by atoms with van der Waals surface area (Å²) in [5.74, 6) is 1.19. The predicted octanol–water partition coefficient (Wildman–Crippen LogP) is 6.18. The number of nitrogens with zero attached hydrogens (tertiary/aromatic N) is 2. The number of nitrogens with one attached hydrogen (secondary N) is 1. The molecule has 0 unspecified atom stereocenters. The van der Waals surface area contributed by atoms with Gasteiger partial charge in [0.1, 0.15) is 10.9 Å². The molecule has 1 aromatic carbocycles. The van der Waals surface area contributed by atoms with Crippen LogP contribution in [0.2, 0.25) is 10.0 Å². The molecule has 3 nitrogen and oxygen atoms in total. The topological polar surface area (TPSA) is 41.6 Å². The maximum Gasteiger partial charge on any atom is 0.111 e. The van der Waals surface area contributed by atoms with Crippen LogP contribution in [0.25, 0.3) is 0 Å². The molecule has 0 saturated carbocycles. The predicted molar refractivity (Wildman–Crippen MR) is 105 cm³/mol. The Morgan fingerprint density at radius 3 is 2.44 bits per heavy atom. The van der Waals surface area contributed by atoms with Crippen LogP contribution in [0, 0.1) is 6.42 Å². The van der Waals surface area contributed by atoms with E-state index in [4.69, 9.17) is 28.2 Å². The highest BCUT2D eigenvalue weighted by molar-refractivity contribution is 7.99. The monoisotopic (exact) mass is 390 g/mol. The molecule has 0 saturated heterocycles. The Bertz CT molecular complexity index is 827. The molecule has 0 bridgehead atoms. The average molecular weight is 391 g/mol. The molecule has 6 heteroatoms. The van der Waals surface area contributed by atoms with Crippen molar-refractivity contribution in [3.63, 3.8) is 0 Å². The second-order valence-electron chi connectivity index (χ2n) is 5.96. The van der Waals surface area contributed by atoms with E-state index in [1.165, 1.54) is 5.56 Å². The lowest BCUT2D eigenvalue weighted by molar-refractivity contribution is 0.804. The standard InChI is InChI=1S/C19H18Cl2N3S/c1-12(2)18-19(25-16-10-14(20)9-15(21)11-16)24-17(23-18)4-3-13-5-7-22-8-6-13/h4-12H,3H2,1-2H3,(H,23,24). The summed E-state index contributed by atoms with van der Waals surface area (Å²) in [7, 11) is 0. The zero-order valence-electron chi connectivity index (χ0n) is 14.0. The molecule has 0 aliphatic heterocycles. The minimum atomic E-state index is 0.316. The summed E-state index contributed by atoms with van der Waals surface area (Å²) in [5.41, 5.74) is 2.25. The van der Waals surface area contributed by atoms with E-state index in [0.29, 0.717) is 16.0 Å². The molecule has 2 heterocycles. The van der Waals surface area contributed by atoms with Crippen molar-refractivity contribution in [1.82, 2.24) is 15.0 Å². The summed E-state index contributed by atoms with van der Waals surface area (Å²) in [4.78, 5) is 13.2. The van der Waals surface area contributed by atoms with Gasteiger partial charge in [-0.25, -0.2) is 4.98 Å². The number of halogens is 2. The van der Waals surface area contributed by atoms with Crippen LogP contribution in [0.15, 0.2) is 52.6 Å². The van der Waals surface area contributed by atoms with Crippen LogP contribution in [-0.4, -0.2) is 15.0 Å². The first-order valence-electron chi connectivity index (χ1n) is 7.97. The summed E-state index contributed by atoms with van der Waals surface area (Å²) < 4.78 is 0. The van der Waals surface area contributed by atoms with Gasteiger partial charge in [-0.05, 0) is 48.2 Å². The number of hydrogen-bond acceptors (Lipinski definition) is 3. The van der Waals surface area contributed by atoms with Crippen molar-refractivity contribution in [2.45, 2.75) is 36.1 Å². The fourth-order valence-electron chi connectivity index (χ4n) is 2.39. The molecule has 1 N–H and O–H groups in total. The second-order valence-corrected chi connectivity index (χ2v) is 7.92. The summed E-state index contributed by atoms with van der Waals surface area (Å²) >= 11 is 13.8. The number of hydrogen-bond donors (Lipinski definition) is 1. The maximum absolute atomic E-state index is 6.11. The molecule has 0 spiro atoms. The molecule has 129 valence electrons. The Morgan fingerprint density at radius 1 is 1.12 bits per heavy atom. The molecule has 2 aromatic heterocycles. The molecule has 0 amide bonds. The van der Waals surface area contributed by atoms with Crippen LogP contribution in [-0.2, 0) is 6.42 Å². The molecule has 3 rings (SSSR count). The zero-order valence-corrected chi connectivity index (χ0v) is 16.3. The molecule has 0 aliphatic carbocycles. The van der Waals surface area contributed by atoms with Crippen LogP contribution >= 0.6 is 35.0 Å². The number of aromatic amines is 1. The molecule has 0 atom stereocenters. The molecular formula is C19H18Cl2N3S. The third kappa shape index (κ3) is 5.00. The number of H-pyrrole nitrogens is 1. The van der Waals surface area contributed by atoms with E-state index in [9.17, 15) is 0 Å². The minimum Gasteiger partial charge on any atom is -0.336 e. The Labute approximate surface area is 162 Å². The Morgan fingerprint density at radius 2 is 1.80 bits per heavy atom. The fraction of sp³-hybridized carbons (Fsp3) is 0.211. The summed E-state index contributed by atoms with van der Waals surface area (Å²) in [6, 6.07) is 9.56. The number of imidazole rings is 1. The number of benzene rings is 1. The van der Waals surface area contributed by atoms with Crippen molar-refractivity contribution in [2.24, 2.45) is 0 Å². The average Bonchev–Trinajstić information content (AvgIpc) is 2.96. The van der Waals surface area contributed by atoms with Crippen LogP contribution in [0.3, 0.4) is 0 Å². The first kappa shape index (κ1) is 18.3. The molecule has 1 radical (unpaired) electrons. The Balaban J connectivity index is 1.79. The van der Waals surface area contributed by atoms with Crippen molar-refractivity contribution in [2.75, 3.05) is 0 Å². The summed E-state index contributed by atoms with van der Waals surface area (Å²) in [6.07, 6.45) is 6.50. The number of pyridine rings is 1. The smallest absolute Gasteiger partial charge is 0.111 e. The van der Waals surface area contributed by atoms with Crippen molar-refractivity contribution in [3.8, 4) is 0 Å². The number of aromatic nitrogens is 3. The van der Waals surface area contributed by atoms with Gasteiger partial charge in [0.2, 0.25) is 0 Å². The van der Waals surface area contributed by atoms with Crippen molar-refractivity contribution in [1.29, 1.82) is 0 Å². The van der Waals surface area contributed by atoms with Crippen LogP contribution in [0.4, 0.5) is 0 Å². The van der Waals surface area contributed by atoms with Gasteiger partial charge in [-0.1, -0.05) is 48.8 Å². The van der Waals surface area contributed by atoms with Crippen molar-refractivity contribution >= 4 is 35.0 Å². The van der Waals surface area contributed by atoms with Gasteiger partial charge in [0.15, 0.2) is 0 Å². The third-order valence-corrected chi connectivity index (χ3v) is 5.02. The van der Waals surface area contributed by atoms with E-state index >= 15 is 0 Å². The molecule has 25 heavy (non-hydrogen) atoms. The van der Waals surface area contributed by atoms with Gasteiger partial charge in [-0.15, -0.1) is 0 Å². The van der Waals surface area contributed by atoms with Crippen LogP contribution in [0.5, 0.6) is 0 Å². The Hall–Kier alpha value is -1.49. The lowest BCUT2D eigenvalue weighted by Crippen LogP contribution is -1.92. The van der Waals surface area contributed by atoms with E-state index in [2.05, 4.69) is 30.2 Å². The quantitative estimate of drug-likeness (QED) is 0.545. The van der Waals surface area contributed by atoms with E-state index in [1.807, 2.05) is 24.3 Å². The lowest BCUT2D eigenvalue weighted by Gasteiger charge is -2.06. The van der Waals surface area contributed by atoms with Gasteiger partial charge in [-0.3, -0.25) is 4.98 Å². The van der Waals surface area contributed by atoms with Crippen molar-refractivity contribution in [3.05, 3.63) is 76.3 Å². The first-order chi connectivity index (χ1) is 12.0. The third-order valence-electron chi connectivity index (χ3n) is 3.60. The highest BCUT2D eigenvalue weighted by atomic mass is 35.5. The second kappa shape index (κ2) is 8.26. The molecule has 0 fully saturated rings. The van der Waals surface area contributed by atoms with Crippen LogP contribution in [0.1, 0.15) is 36.8 Å². The molecular weight excluding hydrogens is 373 g/mol. The van der Waals surface area contributed by atoms with E-state index in [-0.39, 0.29) is 0 Å². The van der Waals surface area contributed by atoms with E-state index < -0.39 is 0 Å². The van der Waals surface area contributed by atoms with Gasteiger partial charge in [0, 0.05) is 33.8 Å². The normalized spacial score (nSPS) is 11.2. The van der Waals surface area contributed by atoms with Gasteiger partial charge < -0.3 is 4.98 Å². The van der Waals surface area contributed by atoms with E-state index in [0.717, 1.165) is 27.9 Å². The highest BCUT2D eigenvalue weighted by Gasteiger charge is 2.15. The molecule has 0 aliphatic rings.